The van der Waals surface area contributed by atoms with Crippen LogP contribution in [0.1, 0.15) is 45.2 Å². The van der Waals surface area contributed by atoms with Gasteiger partial charge in [-0.2, -0.15) is 0 Å². The molecule has 0 bridgehead atoms. The van der Waals surface area contributed by atoms with Gasteiger partial charge in [-0.25, -0.2) is 0 Å². The summed E-state index contributed by atoms with van der Waals surface area (Å²) in [7, 11) is 1.66. The zero-order valence-corrected chi connectivity index (χ0v) is 14.1. The first-order valence-electron chi connectivity index (χ1n) is 8.19. The highest BCUT2D eigenvalue weighted by Gasteiger charge is 2.27. The van der Waals surface area contributed by atoms with E-state index in [1.54, 1.807) is 7.11 Å². The molecule has 1 heterocycles. The zero-order valence-electron chi connectivity index (χ0n) is 14.1. The second kappa shape index (κ2) is 7.63. The van der Waals surface area contributed by atoms with Gasteiger partial charge in [-0.15, -0.1) is 0 Å². The van der Waals surface area contributed by atoms with Gasteiger partial charge in [0, 0.05) is 12.0 Å². The Bertz CT molecular complexity index is 484. The van der Waals surface area contributed by atoms with Crippen LogP contribution in [0.4, 0.5) is 0 Å². The maximum atomic E-state index is 12.6. The third-order valence-electron chi connectivity index (χ3n) is 4.43. The Hall–Kier alpha value is -1.55. The molecule has 1 unspecified atom stereocenters. The number of rotatable bonds is 5. The van der Waals surface area contributed by atoms with Crippen molar-refractivity contribution < 1.29 is 9.53 Å². The predicted octanol–water partition coefficient (Wildman–Crippen LogP) is 2.90. The summed E-state index contributed by atoms with van der Waals surface area (Å²) < 4.78 is 5.20. The van der Waals surface area contributed by atoms with Gasteiger partial charge >= 0.3 is 0 Å². The number of carbonyl (C=O) groups is 1. The molecule has 2 N–H and O–H groups in total. The Balaban J connectivity index is 2.05. The van der Waals surface area contributed by atoms with E-state index in [0.29, 0.717) is 12.0 Å². The van der Waals surface area contributed by atoms with E-state index in [0.717, 1.165) is 30.7 Å². The van der Waals surface area contributed by atoms with E-state index in [4.69, 9.17) is 4.74 Å². The van der Waals surface area contributed by atoms with E-state index < -0.39 is 0 Å². The van der Waals surface area contributed by atoms with Crippen LogP contribution in [-0.4, -0.2) is 25.6 Å². The Morgan fingerprint density at radius 2 is 2.00 bits per heavy atom. The molecule has 122 valence electrons. The highest BCUT2D eigenvalue weighted by Crippen LogP contribution is 2.25. The Kier molecular flexibility index (Phi) is 5.83. The molecule has 0 saturated carbocycles. The maximum Gasteiger partial charge on any atom is 0.223 e. The Morgan fingerprint density at radius 1 is 1.32 bits per heavy atom. The number of benzene rings is 1. The third kappa shape index (κ3) is 4.23. The second-order valence-corrected chi connectivity index (χ2v) is 6.58. The summed E-state index contributed by atoms with van der Waals surface area (Å²) in [6, 6.07) is 8.43. The van der Waals surface area contributed by atoms with Crippen molar-refractivity contribution in [3.63, 3.8) is 0 Å². The minimum absolute atomic E-state index is 0.0450. The Morgan fingerprint density at radius 3 is 2.55 bits per heavy atom. The summed E-state index contributed by atoms with van der Waals surface area (Å²) in [5.41, 5.74) is 1.13. The SMILES string of the molecule is COc1ccc(C(NC(=O)[C@H]2CCN[C@@H](C)C2)C(C)C)cc1. The summed E-state index contributed by atoms with van der Waals surface area (Å²) in [4.78, 5) is 12.6. The van der Waals surface area contributed by atoms with Crippen LogP contribution in [0.2, 0.25) is 0 Å². The monoisotopic (exact) mass is 304 g/mol. The van der Waals surface area contributed by atoms with Crippen LogP contribution < -0.4 is 15.4 Å². The highest BCUT2D eigenvalue weighted by molar-refractivity contribution is 5.79. The van der Waals surface area contributed by atoms with Crippen molar-refractivity contribution in [2.45, 2.75) is 45.7 Å². The van der Waals surface area contributed by atoms with Gasteiger partial charge in [-0.3, -0.25) is 4.79 Å². The van der Waals surface area contributed by atoms with Gasteiger partial charge in [0.15, 0.2) is 0 Å². The summed E-state index contributed by atoms with van der Waals surface area (Å²) in [6.07, 6.45) is 1.84. The molecular weight excluding hydrogens is 276 g/mol. The van der Waals surface area contributed by atoms with Crippen LogP contribution in [0.15, 0.2) is 24.3 Å². The molecular formula is C18H28N2O2. The van der Waals surface area contributed by atoms with Gasteiger partial charge in [-0.1, -0.05) is 26.0 Å². The molecule has 0 radical (unpaired) electrons. The largest absolute Gasteiger partial charge is 0.497 e. The van der Waals surface area contributed by atoms with Crippen molar-refractivity contribution in [2.75, 3.05) is 13.7 Å². The molecule has 1 aromatic carbocycles. The first kappa shape index (κ1) is 16.8. The van der Waals surface area contributed by atoms with Crippen LogP contribution in [0.3, 0.4) is 0 Å². The standard InChI is InChI=1S/C18H28N2O2/c1-12(2)17(14-5-7-16(22-4)8-6-14)20-18(21)15-9-10-19-13(3)11-15/h5-8,12-13,15,17,19H,9-11H2,1-4H3,(H,20,21)/t13-,15-,17?/m0/s1. The molecule has 1 amide bonds. The predicted molar refractivity (Wildman–Crippen MR) is 88.9 cm³/mol. The quantitative estimate of drug-likeness (QED) is 0.879. The lowest BCUT2D eigenvalue weighted by Gasteiger charge is -2.30. The Labute approximate surface area is 133 Å². The molecule has 1 aromatic rings. The fraction of sp³-hybridized carbons (Fsp3) is 0.611. The molecule has 1 aliphatic heterocycles. The minimum Gasteiger partial charge on any atom is -0.497 e. The van der Waals surface area contributed by atoms with Gasteiger partial charge in [-0.05, 0) is 49.9 Å². The minimum atomic E-state index is 0.0450. The average molecular weight is 304 g/mol. The van der Waals surface area contributed by atoms with E-state index in [-0.39, 0.29) is 17.9 Å². The normalized spacial score (nSPS) is 23.1. The average Bonchev–Trinajstić information content (AvgIpc) is 2.52. The number of hydrogen-bond acceptors (Lipinski definition) is 3. The van der Waals surface area contributed by atoms with Crippen molar-refractivity contribution in [1.29, 1.82) is 0 Å². The van der Waals surface area contributed by atoms with E-state index in [2.05, 4.69) is 31.4 Å². The molecule has 0 spiro atoms. The summed E-state index contributed by atoms with van der Waals surface area (Å²) in [6.45, 7) is 7.34. The first-order chi connectivity index (χ1) is 10.5. The molecule has 3 atom stereocenters. The maximum absolute atomic E-state index is 12.6. The van der Waals surface area contributed by atoms with Crippen LogP contribution >= 0.6 is 0 Å². The van der Waals surface area contributed by atoms with Crippen molar-refractivity contribution in [3.05, 3.63) is 29.8 Å². The van der Waals surface area contributed by atoms with E-state index in [9.17, 15) is 4.79 Å². The number of nitrogens with one attached hydrogen (secondary N) is 2. The zero-order chi connectivity index (χ0) is 16.1. The lowest BCUT2D eigenvalue weighted by molar-refractivity contribution is -0.127. The molecule has 4 heteroatoms. The molecule has 1 fully saturated rings. The highest BCUT2D eigenvalue weighted by atomic mass is 16.5. The van der Waals surface area contributed by atoms with Gasteiger partial charge in [0.2, 0.25) is 5.91 Å². The molecule has 0 aliphatic carbocycles. The van der Waals surface area contributed by atoms with Crippen LogP contribution in [0.25, 0.3) is 0 Å². The summed E-state index contributed by atoms with van der Waals surface area (Å²) in [5.74, 6) is 1.49. The lowest BCUT2D eigenvalue weighted by atomic mass is 9.90. The van der Waals surface area contributed by atoms with Crippen molar-refractivity contribution >= 4 is 5.91 Å². The molecule has 0 aromatic heterocycles. The fourth-order valence-electron chi connectivity index (χ4n) is 3.09. The molecule has 4 nitrogen and oxygen atoms in total. The van der Waals surface area contributed by atoms with Crippen molar-refractivity contribution in [2.24, 2.45) is 11.8 Å². The van der Waals surface area contributed by atoms with Crippen LogP contribution in [0, 0.1) is 11.8 Å². The van der Waals surface area contributed by atoms with E-state index in [1.807, 2.05) is 24.3 Å². The van der Waals surface area contributed by atoms with Gasteiger partial charge < -0.3 is 15.4 Å². The molecule has 1 aliphatic rings. The lowest BCUT2D eigenvalue weighted by Crippen LogP contribution is -2.44. The summed E-state index contributed by atoms with van der Waals surface area (Å²) in [5, 5.41) is 6.65. The van der Waals surface area contributed by atoms with Gasteiger partial charge in [0.05, 0.1) is 13.2 Å². The van der Waals surface area contributed by atoms with Crippen molar-refractivity contribution in [3.8, 4) is 5.75 Å². The topological polar surface area (TPSA) is 50.4 Å². The smallest absolute Gasteiger partial charge is 0.223 e. The number of hydrogen-bond donors (Lipinski definition) is 2. The van der Waals surface area contributed by atoms with Gasteiger partial charge in [0.25, 0.3) is 0 Å². The van der Waals surface area contributed by atoms with E-state index in [1.165, 1.54) is 0 Å². The number of carbonyl (C=O) groups excluding carboxylic acids is 1. The number of amides is 1. The number of piperidine rings is 1. The van der Waals surface area contributed by atoms with Crippen LogP contribution in [0.5, 0.6) is 5.75 Å². The van der Waals surface area contributed by atoms with E-state index >= 15 is 0 Å². The third-order valence-corrected chi connectivity index (χ3v) is 4.43. The van der Waals surface area contributed by atoms with Crippen molar-refractivity contribution in [1.82, 2.24) is 10.6 Å². The molecule has 1 saturated heterocycles. The van der Waals surface area contributed by atoms with Crippen LogP contribution in [-0.2, 0) is 4.79 Å². The first-order valence-corrected chi connectivity index (χ1v) is 8.19. The molecule has 22 heavy (non-hydrogen) atoms. The molecule has 2 rings (SSSR count). The number of ether oxygens (including phenoxy) is 1. The summed E-state index contributed by atoms with van der Waals surface area (Å²) >= 11 is 0. The second-order valence-electron chi connectivity index (χ2n) is 6.58. The fourth-order valence-corrected chi connectivity index (χ4v) is 3.09. The van der Waals surface area contributed by atoms with Gasteiger partial charge in [0.1, 0.15) is 5.75 Å². The number of methoxy groups -OCH3 is 1.